The highest BCUT2D eigenvalue weighted by atomic mass is 35.5. The Morgan fingerprint density at radius 3 is 2.56 bits per heavy atom. The van der Waals surface area contributed by atoms with Gasteiger partial charge in [0.15, 0.2) is 0 Å². The van der Waals surface area contributed by atoms with Gasteiger partial charge in [-0.1, -0.05) is 24.9 Å². The first-order valence-corrected chi connectivity index (χ1v) is 5.91. The maximum absolute atomic E-state index is 13.1. The molecule has 5 heteroatoms. The van der Waals surface area contributed by atoms with Crippen LogP contribution in [0.25, 0.3) is 6.08 Å². The number of benzene rings is 1. The molecule has 98 valence electrons. The molecule has 0 unspecified atom stereocenters. The largest absolute Gasteiger partial charge is 0.463 e. The minimum Gasteiger partial charge on any atom is -0.463 e. The second-order valence-electron chi connectivity index (χ2n) is 3.65. The van der Waals surface area contributed by atoms with E-state index in [1.54, 1.807) is 0 Å². The summed E-state index contributed by atoms with van der Waals surface area (Å²) >= 11 is 5.33. The monoisotopic (exact) mass is 274 g/mol. The zero-order valence-electron chi connectivity index (χ0n) is 9.88. The lowest BCUT2D eigenvalue weighted by Gasteiger charge is -2.00. The van der Waals surface area contributed by atoms with Gasteiger partial charge in [0.1, 0.15) is 16.7 Å². The molecule has 0 fully saturated rings. The third-order valence-electron chi connectivity index (χ3n) is 2.16. The highest BCUT2D eigenvalue weighted by molar-refractivity contribution is 6.30. The van der Waals surface area contributed by atoms with E-state index >= 15 is 0 Å². The molecule has 1 aromatic carbocycles. The molecular formula is C13H13ClF2O2. The molecule has 1 aromatic rings. The van der Waals surface area contributed by atoms with Crippen molar-refractivity contribution in [1.82, 2.24) is 0 Å². The maximum Gasteiger partial charge on any atom is 0.330 e. The van der Waals surface area contributed by atoms with Crippen LogP contribution in [0, 0.1) is 11.6 Å². The molecule has 0 heterocycles. The van der Waals surface area contributed by atoms with Crippen molar-refractivity contribution in [2.24, 2.45) is 0 Å². The molecule has 0 aliphatic rings. The Morgan fingerprint density at radius 1 is 1.39 bits per heavy atom. The number of rotatable bonds is 5. The van der Waals surface area contributed by atoms with Crippen LogP contribution in [0.15, 0.2) is 18.2 Å². The molecule has 0 aliphatic heterocycles. The van der Waals surface area contributed by atoms with Crippen LogP contribution in [-0.4, -0.2) is 12.6 Å². The van der Waals surface area contributed by atoms with E-state index in [0.717, 1.165) is 31.1 Å². The first-order chi connectivity index (χ1) is 8.54. The number of hydrogen-bond acceptors (Lipinski definition) is 2. The molecule has 0 aliphatic carbocycles. The Balaban J connectivity index is 2.64. The standard InChI is InChI=1S/C13H13ClF2O2/c1-2-3-6-18-12(17)5-4-9-7-10(15)13(14)11(16)8-9/h4-5,7-8H,2-3,6H2,1H3. The van der Waals surface area contributed by atoms with Crippen molar-refractivity contribution in [1.29, 1.82) is 0 Å². The summed E-state index contributed by atoms with van der Waals surface area (Å²) in [5, 5.41) is -0.558. The summed E-state index contributed by atoms with van der Waals surface area (Å²) in [5.74, 6) is -2.27. The molecule has 0 atom stereocenters. The van der Waals surface area contributed by atoms with Gasteiger partial charge in [0.2, 0.25) is 0 Å². The Hall–Kier alpha value is -1.42. The number of unbranched alkanes of at least 4 members (excludes halogenated alkanes) is 1. The molecule has 0 N–H and O–H groups in total. The van der Waals surface area contributed by atoms with Crippen molar-refractivity contribution in [2.45, 2.75) is 19.8 Å². The van der Waals surface area contributed by atoms with Gasteiger partial charge in [0.25, 0.3) is 0 Å². The Bertz CT molecular complexity index is 435. The molecule has 0 spiro atoms. The highest BCUT2D eigenvalue weighted by Gasteiger charge is 2.07. The van der Waals surface area contributed by atoms with E-state index < -0.39 is 22.6 Å². The number of esters is 1. The van der Waals surface area contributed by atoms with Gasteiger partial charge in [-0.15, -0.1) is 0 Å². The fraction of sp³-hybridized carbons (Fsp3) is 0.308. The molecule has 0 saturated heterocycles. The molecule has 1 rings (SSSR count). The average Bonchev–Trinajstić information content (AvgIpc) is 2.33. The minimum atomic E-state index is -0.865. The first kappa shape index (κ1) is 14.6. The molecular weight excluding hydrogens is 262 g/mol. The summed E-state index contributed by atoms with van der Waals surface area (Å²) < 4.78 is 31.0. The Morgan fingerprint density at radius 2 is 2.00 bits per heavy atom. The molecule has 2 nitrogen and oxygen atoms in total. The Kier molecular flexibility index (Phi) is 5.78. The number of hydrogen-bond donors (Lipinski definition) is 0. The van der Waals surface area contributed by atoms with Crippen LogP contribution in [0.1, 0.15) is 25.3 Å². The first-order valence-electron chi connectivity index (χ1n) is 5.54. The minimum absolute atomic E-state index is 0.210. The summed E-state index contributed by atoms with van der Waals surface area (Å²) in [7, 11) is 0. The van der Waals surface area contributed by atoms with Crippen molar-refractivity contribution in [2.75, 3.05) is 6.61 Å². The number of ether oxygens (including phenoxy) is 1. The molecule has 0 aromatic heterocycles. The van der Waals surface area contributed by atoms with E-state index in [1.807, 2.05) is 6.92 Å². The SMILES string of the molecule is CCCCOC(=O)C=Cc1cc(F)c(Cl)c(F)c1. The third-order valence-corrected chi connectivity index (χ3v) is 2.52. The zero-order chi connectivity index (χ0) is 13.5. The van der Waals surface area contributed by atoms with Crippen LogP contribution < -0.4 is 0 Å². The van der Waals surface area contributed by atoms with Crippen LogP contribution in [0.2, 0.25) is 5.02 Å². The van der Waals surface area contributed by atoms with Crippen molar-refractivity contribution in [3.05, 3.63) is 40.4 Å². The second kappa shape index (κ2) is 7.11. The van der Waals surface area contributed by atoms with E-state index in [0.29, 0.717) is 6.61 Å². The second-order valence-corrected chi connectivity index (χ2v) is 4.03. The van der Waals surface area contributed by atoms with Gasteiger partial charge in [-0.25, -0.2) is 13.6 Å². The number of carbonyl (C=O) groups is 1. The molecule has 0 amide bonds. The predicted molar refractivity (Wildman–Crippen MR) is 66.3 cm³/mol. The molecule has 0 saturated carbocycles. The van der Waals surface area contributed by atoms with Crippen LogP contribution >= 0.6 is 11.6 Å². The van der Waals surface area contributed by atoms with E-state index in [-0.39, 0.29) is 5.56 Å². The highest BCUT2D eigenvalue weighted by Crippen LogP contribution is 2.21. The van der Waals surface area contributed by atoms with Crippen LogP contribution in [0.3, 0.4) is 0 Å². The summed E-state index contributed by atoms with van der Waals surface area (Å²) in [4.78, 5) is 11.2. The van der Waals surface area contributed by atoms with Crippen molar-refractivity contribution in [3.8, 4) is 0 Å². The van der Waals surface area contributed by atoms with Gasteiger partial charge < -0.3 is 4.74 Å². The van der Waals surface area contributed by atoms with Gasteiger partial charge in [-0.2, -0.15) is 0 Å². The summed E-state index contributed by atoms with van der Waals surface area (Å²) in [6, 6.07) is 2.09. The van der Waals surface area contributed by atoms with Gasteiger partial charge in [0.05, 0.1) is 6.61 Å². The lowest BCUT2D eigenvalue weighted by atomic mass is 10.2. The fourth-order valence-electron chi connectivity index (χ4n) is 1.20. The molecule has 18 heavy (non-hydrogen) atoms. The van der Waals surface area contributed by atoms with Gasteiger partial charge in [-0.05, 0) is 30.2 Å². The number of halogens is 3. The van der Waals surface area contributed by atoms with E-state index in [9.17, 15) is 13.6 Å². The Labute approximate surface area is 109 Å². The predicted octanol–water partition coefficient (Wildman–Crippen LogP) is 3.97. The summed E-state index contributed by atoms with van der Waals surface area (Å²) in [6.07, 6.45) is 4.10. The van der Waals surface area contributed by atoms with E-state index in [4.69, 9.17) is 16.3 Å². The van der Waals surface area contributed by atoms with Crippen LogP contribution in [0.4, 0.5) is 8.78 Å². The summed E-state index contributed by atoms with van der Waals surface area (Å²) in [5.41, 5.74) is 0.210. The molecule has 0 bridgehead atoms. The topological polar surface area (TPSA) is 26.3 Å². The lowest BCUT2D eigenvalue weighted by Crippen LogP contribution is -2.01. The van der Waals surface area contributed by atoms with Gasteiger partial charge in [0, 0.05) is 6.08 Å². The smallest absolute Gasteiger partial charge is 0.330 e. The van der Waals surface area contributed by atoms with Crippen LogP contribution in [-0.2, 0) is 9.53 Å². The maximum atomic E-state index is 13.1. The third kappa shape index (κ3) is 4.45. The van der Waals surface area contributed by atoms with Crippen LogP contribution in [0.5, 0.6) is 0 Å². The van der Waals surface area contributed by atoms with E-state index in [1.165, 1.54) is 6.08 Å². The number of carbonyl (C=O) groups excluding carboxylic acids is 1. The summed E-state index contributed by atoms with van der Waals surface area (Å²) in [6.45, 7) is 2.31. The van der Waals surface area contributed by atoms with E-state index in [2.05, 4.69) is 0 Å². The fourth-order valence-corrected chi connectivity index (χ4v) is 1.31. The normalized spacial score (nSPS) is 10.9. The lowest BCUT2D eigenvalue weighted by molar-refractivity contribution is -0.137. The van der Waals surface area contributed by atoms with Crippen molar-refractivity contribution < 1.29 is 18.3 Å². The molecule has 0 radical (unpaired) electrons. The van der Waals surface area contributed by atoms with Gasteiger partial charge >= 0.3 is 5.97 Å². The van der Waals surface area contributed by atoms with Gasteiger partial charge in [-0.3, -0.25) is 0 Å². The van der Waals surface area contributed by atoms with Crippen molar-refractivity contribution in [3.63, 3.8) is 0 Å². The quantitative estimate of drug-likeness (QED) is 0.351. The average molecular weight is 275 g/mol. The van der Waals surface area contributed by atoms with Crippen molar-refractivity contribution >= 4 is 23.6 Å². The zero-order valence-corrected chi connectivity index (χ0v) is 10.6.